The fourth-order valence-corrected chi connectivity index (χ4v) is 4.09. The Bertz CT molecular complexity index is 1140. The van der Waals surface area contributed by atoms with Crippen molar-refractivity contribution >= 4 is 16.3 Å². The molecule has 0 aliphatic rings. The lowest BCUT2D eigenvalue weighted by molar-refractivity contribution is 0.415. The van der Waals surface area contributed by atoms with Crippen LogP contribution in [0.4, 0.5) is 0 Å². The smallest absolute Gasteiger partial charge is 0.195 e. The highest BCUT2D eigenvalue weighted by molar-refractivity contribution is 7.15. The molecule has 4 aromatic rings. The largest absolute Gasteiger partial charge is 0.497 e. The number of para-hydroxylation sites is 1. The summed E-state index contributed by atoms with van der Waals surface area (Å²) in [5, 5.41) is 11.5. The molecule has 0 fully saturated rings. The van der Waals surface area contributed by atoms with Gasteiger partial charge in [-0.2, -0.15) is 5.26 Å². The van der Waals surface area contributed by atoms with Gasteiger partial charge in [-0.15, -0.1) is 11.3 Å². The van der Waals surface area contributed by atoms with Crippen LogP contribution in [0.1, 0.15) is 5.69 Å². The Labute approximate surface area is 161 Å². The van der Waals surface area contributed by atoms with Gasteiger partial charge in [0, 0.05) is 16.5 Å². The Kier molecular flexibility index (Phi) is 4.53. The zero-order valence-corrected chi connectivity index (χ0v) is 15.8. The number of fused-ring (bicyclic) bond motifs is 1. The molecule has 2 aromatic heterocycles. The van der Waals surface area contributed by atoms with Crippen LogP contribution in [0, 0.1) is 11.3 Å². The second-order valence-electron chi connectivity index (χ2n) is 5.91. The minimum atomic E-state index is 0.265. The Morgan fingerprint density at radius 2 is 1.85 bits per heavy atom. The number of imidazole rings is 1. The van der Waals surface area contributed by atoms with Crippen LogP contribution >= 0.6 is 11.3 Å². The van der Waals surface area contributed by atoms with E-state index in [2.05, 4.69) is 15.8 Å². The summed E-state index contributed by atoms with van der Waals surface area (Å²) in [7, 11) is 3.30. The first-order valence-electron chi connectivity index (χ1n) is 8.40. The molecular weight excluding hydrogens is 358 g/mol. The van der Waals surface area contributed by atoms with Crippen LogP contribution in [-0.2, 0) is 6.42 Å². The first kappa shape index (κ1) is 17.1. The van der Waals surface area contributed by atoms with Crippen molar-refractivity contribution in [3.05, 3.63) is 59.6 Å². The van der Waals surface area contributed by atoms with Crippen LogP contribution in [0.15, 0.2) is 53.9 Å². The topological polar surface area (TPSA) is 59.6 Å². The highest BCUT2D eigenvalue weighted by Crippen LogP contribution is 2.37. The highest BCUT2D eigenvalue weighted by Gasteiger charge is 2.20. The van der Waals surface area contributed by atoms with Crippen molar-refractivity contribution in [2.24, 2.45) is 0 Å². The fourth-order valence-electron chi connectivity index (χ4n) is 3.18. The molecular formula is C21H17N3O2S. The zero-order chi connectivity index (χ0) is 18.8. The number of rotatable bonds is 5. The van der Waals surface area contributed by atoms with Crippen molar-refractivity contribution in [1.29, 1.82) is 5.26 Å². The second kappa shape index (κ2) is 7.14. The molecule has 0 N–H and O–H groups in total. The summed E-state index contributed by atoms with van der Waals surface area (Å²) in [5.41, 5.74) is 4.61. The molecule has 27 heavy (non-hydrogen) atoms. The van der Waals surface area contributed by atoms with Crippen LogP contribution in [0.25, 0.3) is 27.5 Å². The number of thiazole rings is 1. The van der Waals surface area contributed by atoms with Gasteiger partial charge in [0.15, 0.2) is 4.96 Å². The molecule has 2 heterocycles. The van der Waals surface area contributed by atoms with Crippen LogP contribution in [0.3, 0.4) is 0 Å². The first-order valence-corrected chi connectivity index (χ1v) is 9.28. The maximum absolute atomic E-state index is 9.42. The summed E-state index contributed by atoms with van der Waals surface area (Å²) in [5.74, 6) is 1.58. The van der Waals surface area contributed by atoms with E-state index in [1.807, 2.05) is 48.5 Å². The third-order valence-corrected chi connectivity index (χ3v) is 5.28. The Morgan fingerprint density at radius 1 is 1.07 bits per heavy atom. The lowest BCUT2D eigenvalue weighted by atomic mass is 10.1. The monoisotopic (exact) mass is 375 g/mol. The van der Waals surface area contributed by atoms with Crippen molar-refractivity contribution in [3.63, 3.8) is 0 Å². The van der Waals surface area contributed by atoms with Gasteiger partial charge < -0.3 is 9.47 Å². The minimum Gasteiger partial charge on any atom is -0.497 e. The van der Waals surface area contributed by atoms with Crippen LogP contribution in [0.2, 0.25) is 0 Å². The normalized spacial score (nSPS) is 10.7. The maximum Gasteiger partial charge on any atom is 0.195 e. The fraction of sp³-hybridized carbons (Fsp3) is 0.143. The molecule has 0 atom stereocenters. The van der Waals surface area contributed by atoms with E-state index < -0.39 is 0 Å². The van der Waals surface area contributed by atoms with E-state index >= 15 is 0 Å². The van der Waals surface area contributed by atoms with Crippen molar-refractivity contribution in [3.8, 4) is 40.1 Å². The number of hydrogen-bond donors (Lipinski definition) is 0. The number of nitriles is 1. The van der Waals surface area contributed by atoms with Gasteiger partial charge in [0.25, 0.3) is 0 Å². The van der Waals surface area contributed by atoms with E-state index in [0.717, 1.165) is 44.7 Å². The van der Waals surface area contributed by atoms with E-state index in [-0.39, 0.29) is 6.42 Å². The number of nitrogens with zero attached hydrogens (tertiary/aromatic N) is 3. The summed E-state index contributed by atoms with van der Waals surface area (Å²) in [6.07, 6.45) is 0.265. The van der Waals surface area contributed by atoms with Gasteiger partial charge >= 0.3 is 0 Å². The van der Waals surface area contributed by atoms with Crippen molar-refractivity contribution in [2.75, 3.05) is 14.2 Å². The summed E-state index contributed by atoms with van der Waals surface area (Å²) < 4.78 is 12.8. The molecule has 0 bridgehead atoms. The second-order valence-corrected chi connectivity index (χ2v) is 6.75. The maximum atomic E-state index is 9.42. The van der Waals surface area contributed by atoms with E-state index in [0.29, 0.717) is 0 Å². The van der Waals surface area contributed by atoms with Gasteiger partial charge in [0.05, 0.1) is 43.8 Å². The lowest BCUT2D eigenvalue weighted by Crippen LogP contribution is -1.96. The number of hydrogen-bond acceptors (Lipinski definition) is 5. The molecule has 0 amide bonds. The molecule has 0 aliphatic heterocycles. The highest BCUT2D eigenvalue weighted by atomic mass is 32.1. The molecule has 0 saturated heterocycles. The average molecular weight is 375 g/mol. The van der Waals surface area contributed by atoms with Crippen LogP contribution < -0.4 is 9.47 Å². The third-order valence-electron chi connectivity index (χ3n) is 4.45. The number of methoxy groups -OCH3 is 2. The van der Waals surface area contributed by atoms with Gasteiger partial charge in [-0.05, 0) is 36.4 Å². The molecule has 0 aliphatic carbocycles. The average Bonchev–Trinajstić information content (AvgIpc) is 3.28. The summed E-state index contributed by atoms with van der Waals surface area (Å²) in [4.78, 5) is 5.66. The van der Waals surface area contributed by atoms with Gasteiger partial charge in [0.2, 0.25) is 0 Å². The Balaban J connectivity index is 1.94. The predicted octanol–water partition coefficient (Wildman–Crippen LogP) is 4.81. The molecule has 0 saturated carbocycles. The number of aromatic nitrogens is 2. The van der Waals surface area contributed by atoms with Crippen molar-refractivity contribution in [2.45, 2.75) is 6.42 Å². The van der Waals surface area contributed by atoms with Crippen LogP contribution in [0.5, 0.6) is 11.5 Å². The van der Waals surface area contributed by atoms with Crippen molar-refractivity contribution < 1.29 is 9.47 Å². The number of benzene rings is 2. The van der Waals surface area contributed by atoms with E-state index in [1.54, 1.807) is 25.6 Å². The lowest BCUT2D eigenvalue weighted by Gasteiger charge is -2.09. The third kappa shape index (κ3) is 2.92. The summed E-state index contributed by atoms with van der Waals surface area (Å²) >= 11 is 1.55. The van der Waals surface area contributed by atoms with Gasteiger partial charge in [-0.1, -0.05) is 12.1 Å². The van der Waals surface area contributed by atoms with Gasteiger partial charge in [-0.3, -0.25) is 4.40 Å². The molecule has 0 radical (unpaired) electrons. The van der Waals surface area contributed by atoms with Gasteiger partial charge in [-0.25, -0.2) is 4.98 Å². The van der Waals surface area contributed by atoms with Crippen molar-refractivity contribution in [1.82, 2.24) is 9.38 Å². The number of ether oxygens (including phenoxy) is 2. The quantitative estimate of drug-likeness (QED) is 0.502. The predicted molar refractivity (Wildman–Crippen MR) is 106 cm³/mol. The SMILES string of the molecule is COc1ccc(-c2nc3scc(-c4ccccc4OC)n3c2CC#N)cc1. The summed E-state index contributed by atoms with van der Waals surface area (Å²) in [6.45, 7) is 0. The standard InChI is InChI=1S/C21H17N3O2S/c1-25-15-9-7-14(8-10-15)20-17(11-12-22)24-18(13-27-21(24)23-20)16-5-3-4-6-19(16)26-2/h3-10,13H,11H2,1-2H3. The summed E-state index contributed by atoms with van der Waals surface area (Å²) in [6, 6.07) is 17.9. The molecule has 0 unspecified atom stereocenters. The first-order chi connectivity index (χ1) is 13.3. The van der Waals surface area contributed by atoms with E-state index in [9.17, 15) is 5.26 Å². The van der Waals surface area contributed by atoms with Crippen LogP contribution in [-0.4, -0.2) is 23.6 Å². The molecule has 5 nitrogen and oxygen atoms in total. The molecule has 0 spiro atoms. The Morgan fingerprint density at radius 3 is 2.56 bits per heavy atom. The molecule has 134 valence electrons. The van der Waals surface area contributed by atoms with E-state index in [1.165, 1.54) is 0 Å². The Hall–Kier alpha value is -3.30. The molecule has 6 heteroatoms. The van der Waals surface area contributed by atoms with E-state index in [4.69, 9.17) is 14.5 Å². The van der Waals surface area contributed by atoms with Gasteiger partial charge in [0.1, 0.15) is 11.5 Å². The molecule has 4 rings (SSSR count). The zero-order valence-electron chi connectivity index (χ0n) is 15.0. The molecule has 2 aromatic carbocycles. The minimum absolute atomic E-state index is 0.265.